The molecule has 29 heavy (non-hydrogen) atoms. The lowest BCUT2D eigenvalue weighted by Crippen LogP contribution is -2.34. The summed E-state index contributed by atoms with van der Waals surface area (Å²) in [5.41, 5.74) is 3.31. The van der Waals surface area contributed by atoms with Crippen LogP contribution in [0.4, 0.5) is 0 Å². The molecule has 1 aliphatic carbocycles. The van der Waals surface area contributed by atoms with Crippen molar-refractivity contribution in [1.82, 2.24) is 5.32 Å². The molecule has 0 radical (unpaired) electrons. The molecule has 5 rings (SSSR count). The average molecular weight is 395 g/mol. The molecule has 6 heteroatoms. The Morgan fingerprint density at radius 3 is 2.76 bits per heavy atom. The van der Waals surface area contributed by atoms with Crippen LogP contribution < -0.4 is 10.9 Å². The van der Waals surface area contributed by atoms with Crippen LogP contribution in [-0.4, -0.2) is 25.2 Å². The highest BCUT2D eigenvalue weighted by atomic mass is 16.5. The summed E-state index contributed by atoms with van der Waals surface area (Å²) in [6.07, 6.45) is 6.36. The maximum absolute atomic E-state index is 12.6. The smallest absolute Gasteiger partial charge is 0.340 e. The number of furan rings is 1. The predicted molar refractivity (Wildman–Crippen MR) is 109 cm³/mol. The maximum Gasteiger partial charge on any atom is 0.340 e. The zero-order valence-electron chi connectivity index (χ0n) is 16.6. The second-order valence-corrected chi connectivity index (χ2v) is 8.16. The van der Waals surface area contributed by atoms with Crippen LogP contribution in [0.2, 0.25) is 0 Å². The second-order valence-electron chi connectivity index (χ2n) is 8.16. The molecule has 2 aliphatic rings. The number of amides is 1. The molecule has 0 spiro atoms. The summed E-state index contributed by atoms with van der Waals surface area (Å²) in [5.74, 6) is 0.868. The molecule has 0 unspecified atom stereocenters. The van der Waals surface area contributed by atoms with Crippen molar-refractivity contribution >= 4 is 27.8 Å². The Morgan fingerprint density at radius 2 is 1.93 bits per heavy atom. The van der Waals surface area contributed by atoms with Crippen molar-refractivity contribution in [3.63, 3.8) is 0 Å². The van der Waals surface area contributed by atoms with E-state index in [-0.39, 0.29) is 18.4 Å². The van der Waals surface area contributed by atoms with E-state index < -0.39 is 5.63 Å². The topological polar surface area (TPSA) is 81.7 Å². The summed E-state index contributed by atoms with van der Waals surface area (Å²) in [6.45, 7) is 3.12. The molecule has 1 fully saturated rings. The van der Waals surface area contributed by atoms with Crippen LogP contribution in [0.5, 0.6) is 0 Å². The number of carbonyl (C=O) groups excluding carboxylic acids is 1. The van der Waals surface area contributed by atoms with Crippen LogP contribution in [0.25, 0.3) is 21.9 Å². The minimum Gasteiger partial charge on any atom is -0.461 e. The number of carbonyl (C=O) groups is 1. The Labute approximate surface area is 168 Å². The predicted octanol–water partition coefficient (Wildman–Crippen LogP) is 3.56. The molecule has 1 N–H and O–H groups in total. The normalized spacial score (nSPS) is 19.0. The molecule has 1 aromatic carbocycles. The third kappa shape index (κ3) is 3.35. The van der Waals surface area contributed by atoms with Crippen LogP contribution in [0, 0.1) is 6.92 Å². The fourth-order valence-corrected chi connectivity index (χ4v) is 4.60. The Hall–Kier alpha value is -2.60. The van der Waals surface area contributed by atoms with E-state index in [1.54, 1.807) is 0 Å². The SMILES string of the molecule is Cc1c(CC(=O)NC[C@H]2CCCO2)c(=O)oc2cc3oc4c(c3cc12)CCCC4. The minimum atomic E-state index is -0.460. The molecule has 0 bridgehead atoms. The highest BCUT2D eigenvalue weighted by molar-refractivity contribution is 5.97. The van der Waals surface area contributed by atoms with Gasteiger partial charge < -0.3 is 18.9 Å². The van der Waals surface area contributed by atoms with Gasteiger partial charge in [0.25, 0.3) is 0 Å². The fourth-order valence-electron chi connectivity index (χ4n) is 4.60. The number of hydrogen-bond donors (Lipinski definition) is 1. The van der Waals surface area contributed by atoms with E-state index >= 15 is 0 Å². The van der Waals surface area contributed by atoms with Crippen LogP contribution >= 0.6 is 0 Å². The Kier molecular flexibility index (Phi) is 4.66. The van der Waals surface area contributed by atoms with Gasteiger partial charge in [-0.05, 0) is 50.7 Å². The summed E-state index contributed by atoms with van der Waals surface area (Å²) < 4.78 is 17.1. The monoisotopic (exact) mass is 395 g/mol. The van der Waals surface area contributed by atoms with Gasteiger partial charge in [0, 0.05) is 42.0 Å². The van der Waals surface area contributed by atoms with Gasteiger partial charge in [-0.2, -0.15) is 0 Å². The number of fused-ring (bicyclic) bond motifs is 4. The number of aryl methyl sites for hydroxylation is 3. The Bertz CT molecular complexity index is 1150. The molecular weight excluding hydrogens is 370 g/mol. The summed E-state index contributed by atoms with van der Waals surface area (Å²) in [5, 5.41) is 4.85. The molecule has 1 atom stereocenters. The first kappa shape index (κ1) is 18.4. The van der Waals surface area contributed by atoms with Crippen molar-refractivity contribution in [3.05, 3.63) is 45.0 Å². The summed E-state index contributed by atoms with van der Waals surface area (Å²) >= 11 is 0. The molecule has 1 aliphatic heterocycles. The van der Waals surface area contributed by atoms with E-state index in [9.17, 15) is 9.59 Å². The van der Waals surface area contributed by atoms with E-state index in [2.05, 4.69) is 11.4 Å². The lowest BCUT2D eigenvalue weighted by Gasteiger charge is -2.12. The molecule has 3 heterocycles. The number of benzene rings is 1. The van der Waals surface area contributed by atoms with E-state index in [1.165, 1.54) is 12.0 Å². The van der Waals surface area contributed by atoms with Gasteiger partial charge in [0.05, 0.1) is 18.1 Å². The van der Waals surface area contributed by atoms with Gasteiger partial charge in [-0.3, -0.25) is 4.79 Å². The van der Waals surface area contributed by atoms with Crippen molar-refractivity contribution in [2.75, 3.05) is 13.2 Å². The van der Waals surface area contributed by atoms with Crippen LogP contribution in [0.1, 0.15) is 48.1 Å². The van der Waals surface area contributed by atoms with Gasteiger partial charge in [0.1, 0.15) is 16.9 Å². The molecule has 152 valence electrons. The number of ether oxygens (including phenoxy) is 1. The van der Waals surface area contributed by atoms with E-state index in [1.807, 2.05) is 13.0 Å². The zero-order chi connectivity index (χ0) is 20.0. The first-order valence-corrected chi connectivity index (χ1v) is 10.5. The fraction of sp³-hybridized carbons (Fsp3) is 0.478. The zero-order valence-corrected chi connectivity index (χ0v) is 16.6. The van der Waals surface area contributed by atoms with Crippen LogP contribution in [-0.2, 0) is 28.8 Å². The van der Waals surface area contributed by atoms with Gasteiger partial charge in [-0.25, -0.2) is 4.79 Å². The van der Waals surface area contributed by atoms with E-state index in [0.717, 1.165) is 66.4 Å². The summed E-state index contributed by atoms with van der Waals surface area (Å²) in [7, 11) is 0. The third-order valence-electron chi connectivity index (χ3n) is 6.25. The highest BCUT2D eigenvalue weighted by Gasteiger charge is 2.22. The van der Waals surface area contributed by atoms with Gasteiger partial charge >= 0.3 is 5.63 Å². The lowest BCUT2D eigenvalue weighted by molar-refractivity contribution is -0.121. The lowest BCUT2D eigenvalue weighted by atomic mass is 9.94. The van der Waals surface area contributed by atoms with E-state index in [0.29, 0.717) is 17.7 Å². The summed E-state index contributed by atoms with van der Waals surface area (Å²) in [4.78, 5) is 25.0. The largest absolute Gasteiger partial charge is 0.461 e. The molecule has 6 nitrogen and oxygen atoms in total. The standard InChI is InChI=1S/C23H25NO5/c1-13-16-9-18-15-6-2-3-7-19(15)28-21(18)11-20(16)29-23(26)17(13)10-22(25)24-12-14-5-4-8-27-14/h9,11,14H,2-8,10,12H2,1H3,(H,24,25)/t14-/m1/s1. The van der Waals surface area contributed by atoms with Crippen molar-refractivity contribution < 1.29 is 18.4 Å². The van der Waals surface area contributed by atoms with Crippen molar-refractivity contribution in [2.24, 2.45) is 0 Å². The molecule has 1 saturated heterocycles. The average Bonchev–Trinajstić information content (AvgIpc) is 3.35. The quantitative estimate of drug-likeness (QED) is 0.683. The van der Waals surface area contributed by atoms with Gasteiger partial charge in [-0.1, -0.05) is 0 Å². The van der Waals surface area contributed by atoms with Crippen LogP contribution in [0.15, 0.2) is 25.8 Å². The van der Waals surface area contributed by atoms with Gasteiger partial charge in [0.2, 0.25) is 5.91 Å². The van der Waals surface area contributed by atoms with Crippen LogP contribution in [0.3, 0.4) is 0 Å². The Balaban J connectivity index is 1.48. The maximum atomic E-state index is 12.6. The minimum absolute atomic E-state index is 0.0123. The molecular formula is C23H25NO5. The summed E-state index contributed by atoms with van der Waals surface area (Å²) in [6, 6.07) is 3.88. The third-order valence-corrected chi connectivity index (χ3v) is 6.25. The second kappa shape index (κ2) is 7.34. The highest BCUT2D eigenvalue weighted by Crippen LogP contribution is 2.35. The molecule has 1 amide bonds. The molecule has 0 saturated carbocycles. The van der Waals surface area contributed by atoms with Crippen molar-refractivity contribution in [3.8, 4) is 0 Å². The first-order chi connectivity index (χ1) is 14.1. The first-order valence-electron chi connectivity index (χ1n) is 10.5. The number of nitrogens with one attached hydrogen (secondary N) is 1. The molecule has 3 aromatic rings. The van der Waals surface area contributed by atoms with E-state index in [4.69, 9.17) is 13.6 Å². The van der Waals surface area contributed by atoms with Crippen molar-refractivity contribution in [2.45, 2.75) is 58.0 Å². The molecule has 2 aromatic heterocycles. The van der Waals surface area contributed by atoms with Crippen molar-refractivity contribution in [1.29, 1.82) is 0 Å². The number of hydrogen-bond acceptors (Lipinski definition) is 5. The number of rotatable bonds is 4. The van der Waals surface area contributed by atoms with Gasteiger partial charge in [0.15, 0.2) is 0 Å². The van der Waals surface area contributed by atoms with Gasteiger partial charge in [-0.15, -0.1) is 0 Å². The Morgan fingerprint density at radius 1 is 1.10 bits per heavy atom.